The summed E-state index contributed by atoms with van der Waals surface area (Å²) in [5.41, 5.74) is 0. The number of aliphatic hydroxyl groups is 7. The molecule has 0 aromatic rings. The highest BCUT2D eigenvalue weighted by molar-refractivity contribution is 4.81. The van der Waals surface area contributed by atoms with Crippen molar-refractivity contribution in [3.8, 4) is 0 Å². The van der Waals surface area contributed by atoms with Gasteiger partial charge in [-0.05, 0) is 0 Å². The Kier molecular flexibility index (Phi) is 5.33. The fourth-order valence-corrected chi connectivity index (χ4v) is 0.714. The van der Waals surface area contributed by atoms with Crippen LogP contribution >= 0.6 is 0 Å². The third-order valence-corrected chi connectivity index (χ3v) is 1.59. The maximum Gasteiger partial charge on any atom is 0.180 e. The maximum absolute atomic E-state index is 8.97. The molecule has 4 atom stereocenters. The van der Waals surface area contributed by atoms with E-state index in [1.165, 1.54) is 0 Å². The Morgan fingerprint density at radius 1 is 0.692 bits per heavy atom. The lowest BCUT2D eigenvalue weighted by Crippen LogP contribution is -2.49. The predicted molar refractivity (Wildman–Crippen MR) is 39.3 cm³/mol. The normalized spacial score (nSPS) is 21.2. The SMILES string of the molecule is OC[C@@H](O)[C@@H](O)[C@H](O)[C@@H](O)C(O)O. The third-order valence-electron chi connectivity index (χ3n) is 1.59. The quantitative estimate of drug-likeness (QED) is 0.222. The second kappa shape index (κ2) is 5.45. The Hall–Kier alpha value is -0.280. The molecule has 0 aliphatic rings. The molecule has 0 aromatic carbocycles. The molecule has 0 saturated carbocycles. The monoisotopic (exact) mass is 198 g/mol. The summed E-state index contributed by atoms with van der Waals surface area (Å²) < 4.78 is 0. The van der Waals surface area contributed by atoms with Gasteiger partial charge < -0.3 is 35.7 Å². The molecule has 0 aromatic heterocycles. The summed E-state index contributed by atoms with van der Waals surface area (Å²) in [6.45, 7) is -0.813. The molecule has 7 nitrogen and oxygen atoms in total. The summed E-state index contributed by atoms with van der Waals surface area (Å²) in [5, 5.41) is 60.6. The Balaban J connectivity index is 4.15. The lowest BCUT2D eigenvalue weighted by atomic mass is 10.0. The predicted octanol–water partition coefficient (Wildman–Crippen LogP) is -4.27. The van der Waals surface area contributed by atoms with Gasteiger partial charge in [0, 0.05) is 0 Å². The molecule has 80 valence electrons. The fourth-order valence-electron chi connectivity index (χ4n) is 0.714. The summed E-state index contributed by atoms with van der Waals surface area (Å²) in [6, 6.07) is 0. The molecule has 0 unspecified atom stereocenters. The summed E-state index contributed by atoms with van der Waals surface area (Å²) in [7, 11) is 0. The van der Waals surface area contributed by atoms with Crippen molar-refractivity contribution in [2.45, 2.75) is 30.7 Å². The highest BCUT2D eigenvalue weighted by Crippen LogP contribution is 2.06. The van der Waals surface area contributed by atoms with Gasteiger partial charge in [-0.3, -0.25) is 0 Å². The van der Waals surface area contributed by atoms with Crippen LogP contribution in [0.4, 0.5) is 0 Å². The second-order valence-corrected chi connectivity index (χ2v) is 2.64. The first kappa shape index (κ1) is 12.7. The molecule has 0 fully saturated rings. The molecule has 0 bridgehead atoms. The van der Waals surface area contributed by atoms with Crippen molar-refractivity contribution in [3.05, 3.63) is 0 Å². The van der Waals surface area contributed by atoms with Crippen molar-refractivity contribution in [3.63, 3.8) is 0 Å². The van der Waals surface area contributed by atoms with Crippen molar-refractivity contribution in [1.29, 1.82) is 0 Å². The molecule has 0 heterocycles. The molecule has 0 aliphatic carbocycles. The molecule has 0 aliphatic heterocycles. The topological polar surface area (TPSA) is 142 Å². The minimum atomic E-state index is -2.23. The molecule has 0 saturated heterocycles. The molecule has 0 rings (SSSR count). The largest absolute Gasteiger partial charge is 0.394 e. The van der Waals surface area contributed by atoms with Crippen molar-refractivity contribution >= 4 is 0 Å². The molecular formula is C6H14O7. The zero-order chi connectivity index (χ0) is 10.6. The molecular weight excluding hydrogens is 184 g/mol. The number of hydrogen-bond donors (Lipinski definition) is 7. The van der Waals surface area contributed by atoms with Gasteiger partial charge in [-0.2, -0.15) is 0 Å². The zero-order valence-electron chi connectivity index (χ0n) is 6.72. The molecule has 0 amide bonds. The third kappa shape index (κ3) is 3.53. The number of rotatable bonds is 5. The second-order valence-electron chi connectivity index (χ2n) is 2.64. The molecule has 0 spiro atoms. The summed E-state index contributed by atoms with van der Waals surface area (Å²) in [5.74, 6) is 0. The van der Waals surface area contributed by atoms with E-state index >= 15 is 0 Å². The van der Waals surface area contributed by atoms with Crippen LogP contribution in [0.1, 0.15) is 0 Å². The van der Waals surface area contributed by atoms with Gasteiger partial charge in [-0.15, -0.1) is 0 Å². The van der Waals surface area contributed by atoms with Crippen molar-refractivity contribution in [1.82, 2.24) is 0 Å². The van der Waals surface area contributed by atoms with E-state index in [1.54, 1.807) is 0 Å². The van der Waals surface area contributed by atoms with Gasteiger partial charge in [-0.1, -0.05) is 0 Å². The van der Waals surface area contributed by atoms with Gasteiger partial charge in [0.25, 0.3) is 0 Å². The van der Waals surface area contributed by atoms with E-state index in [0.717, 1.165) is 0 Å². The molecule has 0 radical (unpaired) electrons. The van der Waals surface area contributed by atoms with Gasteiger partial charge >= 0.3 is 0 Å². The Bertz CT molecular complexity index is 139. The van der Waals surface area contributed by atoms with Gasteiger partial charge in [-0.25, -0.2) is 0 Å². The molecule has 7 heteroatoms. The number of aliphatic hydroxyl groups excluding tert-OH is 6. The lowest BCUT2D eigenvalue weighted by Gasteiger charge is -2.26. The number of hydrogen-bond acceptors (Lipinski definition) is 7. The van der Waals surface area contributed by atoms with Crippen LogP contribution in [-0.4, -0.2) is 73.1 Å². The summed E-state index contributed by atoms with van der Waals surface area (Å²) >= 11 is 0. The smallest absolute Gasteiger partial charge is 0.180 e. The average molecular weight is 198 g/mol. The van der Waals surface area contributed by atoms with E-state index in [9.17, 15) is 0 Å². The van der Waals surface area contributed by atoms with Gasteiger partial charge in [0.15, 0.2) is 6.29 Å². The maximum atomic E-state index is 8.97. The van der Waals surface area contributed by atoms with Crippen LogP contribution in [0.3, 0.4) is 0 Å². The van der Waals surface area contributed by atoms with Gasteiger partial charge in [0.1, 0.15) is 24.4 Å². The van der Waals surface area contributed by atoms with Gasteiger partial charge in [0.05, 0.1) is 6.61 Å². The van der Waals surface area contributed by atoms with E-state index in [2.05, 4.69) is 0 Å². The Labute approximate surface area is 74.1 Å². The van der Waals surface area contributed by atoms with E-state index in [4.69, 9.17) is 35.7 Å². The van der Waals surface area contributed by atoms with Crippen LogP contribution in [0.15, 0.2) is 0 Å². The van der Waals surface area contributed by atoms with Gasteiger partial charge in [0.2, 0.25) is 0 Å². The van der Waals surface area contributed by atoms with Crippen molar-refractivity contribution in [2.75, 3.05) is 6.61 Å². The summed E-state index contributed by atoms with van der Waals surface area (Å²) in [6.07, 6.45) is -9.67. The fraction of sp³-hybridized carbons (Fsp3) is 1.00. The van der Waals surface area contributed by atoms with E-state index < -0.39 is 37.3 Å². The minimum Gasteiger partial charge on any atom is -0.394 e. The summed E-state index contributed by atoms with van der Waals surface area (Å²) in [4.78, 5) is 0. The van der Waals surface area contributed by atoms with Crippen molar-refractivity contribution in [2.24, 2.45) is 0 Å². The Morgan fingerprint density at radius 3 is 1.46 bits per heavy atom. The zero-order valence-corrected chi connectivity index (χ0v) is 6.72. The molecule has 7 N–H and O–H groups in total. The van der Waals surface area contributed by atoms with Crippen LogP contribution in [-0.2, 0) is 0 Å². The van der Waals surface area contributed by atoms with Crippen molar-refractivity contribution < 1.29 is 35.7 Å². The first-order valence-electron chi connectivity index (χ1n) is 3.61. The lowest BCUT2D eigenvalue weighted by molar-refractivity contribution is -0.190. The average Bonchev–Trinajstić information content (AvgIpc) is 2.12. The van der Waals surface area contributed by atoms with Crippen LogP contribution in [0.25, 0.3) is 0 Å². The first-order valence-corrected chi connectivity index (χ1v) is 3.61. The first-order chi connectivity index (χ1) is 5.91. The Morgan fingerprint density at radius 2 is 1.15 bits per heavy atom. The standard InChI is InChI=1S/C6H14O7/c7-1-2(8)3(9)4(10)5(11)6(12)13/h2-13H,1H2/t2-,3-,4+,5-/m1/s1. The van der Waals surface area contributed by atoms with Crippen LogP contribution in [0.2, 0.25) is 0 Å². The van der Waals surface area contributed by atoms with E-state index in [0.29, 0.717) is 0 Å². The highest BCUT2D eigenvalue weighted by Gasteiger charge is 2.33. The van der Waals surface area contributed by atoms with E-state index in [-0.39, 0.29) is 0 Å². The van der Waals surface area contributed by atoms with Crippen LogP contribution in [0, 0.1) is 0 Å². The highest BCUT2D eigenvalue weighted by atomic mass is 16.5. The van der Waals surface area contributed by atoms with Crippen LogP contribution < -0.4 is 0 Å². The van der Waals surface area contributed by atoms with Crippen LogP contribution in [0.5, 0.6) is 0 Å². The minimum absolute atomic E-state index is 0.813. The molecule has 13 heavy (non-hydrogen) atoms. The van der Waals surface area contributed by atoms with E-state index in [1.807, 2.05) is 0 Å².